The van der Waals surface area contributed by atoms with Gasteiger partial charge in [-0.05, 0) is 12.0 Å². The smallest absolute Gasteiger partial charge is 0.384 e. The van der Waals surface area contributed by atoms with Crippen molar-refractivity contribution < 1.29 is 14.3 Å². The van der Waals surface area contributed by atoms with Gasteiger partial charge in [0.15, 0.2) is 0 Å². The molecule has 1 aromatic carbocycles. The molecule has 0 saturated carbocycles. The first kappa shape index (κ1) is 9.65. The van der Waals surface area contributed by atoms with Crippen molar-refractivity contribution in [1.82, 2.24) is 0 Å². The SMILES string of the molecule is CCc1ccc(C2=CC(=O)C(=O)O2)cc1. The summed E-state index contributed by atoms with van der Waals surface area (Å²) in [7, 11) is 0. The molecule has 0 N–H and O–H groups in total. The number of cyclic esters (lactones) is 1. The van der Waals surface area contributed by atoms with E-state index in [9.17, 15) is 9.59 Å². The average molecular weight is 202 g/mol. The van der Waals surface area contributed by atoms with Gasteiger partial charge in [-0.25, -0.2) is 4.79 Å². The van der Waals surface area contributed by atoms with Crippen LogP contribution in [0.2, 0.25) is 0 Å². The standard InChI is InChI=1S/C12H10O3/c1-2-8-3-5-9(6-4-8)11-7-10(13)12(14)15-11/h3-7H,2H2,1H3. The minimum atomic E-state index is -0.801. The lowest BCUT2D eigenvalue weighted by Crippen LogP contribution is -2.05. The second-order valence-corrected chi connectivity index (χ2v) is 3.31. The Morgan fingerprint density at radius 1 is 1.13 bits per heavy atom. The highest BCUT2D eigenvalue weighted by Gasteiger charge is 2.24. The fourth-order valence-electron chi connectivity index (χ4n) is 1.40. The number of carbonyl (C=O) groups is 2. The minimum Gasteiger partial charge on any atom is -0.420 e. The average Bonchev–Trinajstić information content (AvgIpc) is 2.59. The van der Waals surface area contributed by atoms with E-state index in [1.165, 1.54) is 11.6 Å². The van der Waals surface area contributed by atoms with Crippen LogP contribution in [-0.2, 0) is 20.7 Å². The van der Waals surface area contributed by atoms with Crippen LogP contribution in [0.25, 0.3) is 5.76 Å². The largest absolute Gasteiger partial charge is 0.420 e. The number of hydrogen-bond acceptors (Lipinski definition) is 3. The van der Waals surface area contributed by atoms with E-state index >= 15 is 0 Å². The molecule has 1 aromatic rings. The number of benzene rings is 1. The van der Waals surface area contributed by atoms with E-state index in [1.54, 1.807) is 0 Å². The van der Waals surface area contributed by atoms with Crippen LogP contribution in [0.4, 0.5) is 0 Å². The second kappa shape index (κ2) is 3.69. The summed E-state index contributed by atoms with van der Waals surface area (Å²) in [4.78, 5) is 21.8. The first-order valence-electron chi connectivity index (χ1n) is 4.78. The lowest BCUT2D eigenvalue weighted by molar-refractivity contribution is -0.144. The van der Waals surface area contributed by atoms with Crippen molar-refractivity contribution in [2.45, 2.75) is 13.3 Å². The summed E-state index contributed by atoms with van der Waals surface area (Å²) in [6, 6.07) is 7.59. The van der Waals surface area contributed by atoms with Gasteiger partial charge in [0.1, 0.15) is 5.76 Å². The predicted molar refractivity (Wildman–Crippen MR) is 54.9 cm³/mol. The van der Waals surface area contributed by atoms with Gasteiger partial charge in [-0.2, -0.15) is 0 Å². The minimum absolute atomic E-state index is 0.340. The maximum atomic E-state index is 10.9. The van der Waals surface area contributed by atoms with Gasteiger partial charge in [0.05, 0.1) is 0 Å². The molecular weight excluding hydrogens is 192 g/mol. The molecule has 1 aliphatic rings. The molecule has 3 heteroatoms. The maximum absolute atomic E-state index is 10.9. The first-order valence-corrected chi connectivity index (χ1v) is 4.78. The molecule has 0 aromatic heterocycles. The van der Waals surface area contributed by atoms with Crippen molar-refractivity contribution in [3.63, 3.8) is 0 Å². The third-order valence-corrected chi connectivity index (χ3v) is 2.31. The fourth-order valence-corrected chi connectivity index (χ4v) is 1.40. The molecule has 0 amide bonds. The zero-order valence-electron chi connectivity index (χ0n) is 8.32. The predicted octanol–water partition coefficient (Wildman–Crippen LogP) is 1.72. The molecule has 0 spiro atoms. The number of hydrogen-bond donors (Lipinski definition) is 0. The topological polar surface area (TPSA) is 43.4 Å². The Balaban J connectivity index is 2.28. The molecule has 2 rings (SSSR count). The second-order valence-electron chi connectivity index (χ2n) is 3.31. The highest BCUT2D eigenvalue weighted by atomic mass is 16.5. The van der Waals surface area contributed by atoms with Gasteiger partial charge < -0.3 is 4.74 Å². The molecule has 0 aliphatic carbocycles. The summed E-state index contributed by atoms with van der Waals surface area (Å²) < 4.78 is 4.81. The van der Waals surface area contributed by atoms with Crippen LogP contribution in [0.1, 0.15) is 18.1 Å². The zero-order valence-corrected chi connectivity index (χ0v) is 8.32. The normalized spacial score (nSPS) is 15.1. The van der Waals surface area contributed by atoms with Crippen LogP contribution in [0.15, 0.2) is 30.3 Å². The molecule has 15 heavy (non-hydrogen) atoms. The highest BCUT2D eigenvalue weighted by molar-refractivity contribution is 6.42. The molecule has 0 radical (unpaired) electrons. The Labute approximate surface area is 87.4 Å². The van der Waals surface area contributed by atoms with E-state index in [1.807, 2.05) is 24.3 Å². The van der Waals surface area contributed by atoms with Gasteiger partial charge in [-0.1, -0.05) is 31.2 Å². The van der Waals surface area contributed by atoms with Crippen molar-refractivity contribution in [1.29, 1.82) is 0 Å². The molecule has 0 bridgehead atoms. The molecule has 1 heterocycles. The zero-order chi connectivity index (χ0) is 10.8. The van der Waals surface area contributed by atoms with E-state index in [0.29, 0.717) is 5.76 Å². The molecular formula is C12H10O3. The highest BCUT2D eigenvalue weighted by Crippen LogP contribution is 2.21. The summed E-state index contributed by atoms with van der Waals surface area (Å²) in [5, 5.41) is 0. The quantitative estimate of drug-likeness (QED) is 0.541. The number of aryl methyl sites for hydroxylation is 1. The van der Waals surface area contributed by atoms with E-state index in [4.69, 9.17) is 4.74 Å². The Bertz CT molecular complexity index is 440. The van der Waals surface area contributed by atoms with E-state index < -0.39 is 11.8 Å². The summed E-state index contributed by atoms with van der Waals surface area (Å²) in [6.07, 6.45) is 2.18. The Hall–Kier alpha value is -1.90. The monoisotopic (exact) mass is 202 g/mol. The van der Waals surface area contributed by atoms with Crippen LogP contribution in [0.3, 0.4) is 0 Å². The van der Waals surface area contributed by atoms with Gasteiger partial charge in [0.25, 0.3) is 5.78 Å². The van der Waals surface area contributed by atoms with Crippen LogP contribution in [0.5, 0.6) is 0 Å². The van der Waals surface area contributed by atoms with Crippen molar-refractivity contribution in [2.75, 3.05) is 0 Å². The van der Waals surface area contributed by atoms with Crippen LogP contribution >= 0.6 is 0 Å². The number of rotatable bonds is 2. The van der Waals surface area contributed by atoms with Crippen LogP contribution in [-0.4, -0.2) is 11.8 Å². The van der Waals surface area contributed by atoms with Crippen molar-refractivity contribution >= 4 is 17.5 Å². The van der Waals surface area contributed by atoms with Gasteiger partial charge in [-0.15, -0.1) is 0 Å². The number of ketones is 1. The van der Waals surface area contributed by atoms with Crippen molar-refractivity contribution in [2.24, 2.45) is 0 Å². The maximum Gasteiger partial charge on any atom is 0.384 e. The van der Waals surface area contributed by atoms with Gasteiger partial charge in [-0.3, -0.25) is 4.79 Å². The molecule has 0 fully saturated rings. The van der Waals surface area contributed by atoms with Crippen LogP contribution < -0.4 is 0 Å². The lowest BCUT2D eigenvalue weighted by atomic mass is 10.1. The molecule has 3 nitrogen and oxygen atoms in total. The summed E-state index contributed by atoms with van der Waals surface area (Å²) in [5.41, 5.74) is 1.96. The van der Waals surface area contributed by atoms with Crippen molar-refractivity contribution in [3.05, 3.63) is 41.5 Å². The van der Waals surface area contributed by atoms with E-state index in [0.717, 1.165) is 12.0 Å². The number of esters is 1. The number of ether oxygens (including phenoxy) is 1. The Morgan fingerprint density at radius 2 is 1.80 bits per heavy atom. The Morgan fingerprint density at radius 3 is 2.27 bits per heavy atom. The summed E-state index contributed by atoms with van der Waals surface area (Å²) >= 11 is 0. The van der Waals surface area contributed by atoms with Gasteiger partial charge in [0, 0.05) is 11.6 Å². The first-order chi connectivity index (χ1) is 7.20. The van der Waals surface area contributed by atoms with Crippen molar-refractivity contribution in [3.8, 4) is 0 Å². The van der Waals surface area contributed by atoms with E-state index in [2.05, 4.69) is 6.92 Å². The van der Waals surface area contributed by atoms with Gasteiger partial charge in [0.2, 0.25) is 0 Å². The van der Waals surface area contributed by atoms with E-state index in [-0.39, 0.29) is 0 Å². The molecule has 0 saturated heterocycles. The van der Waals surface area contributed by atoms with Crippen LogP contribution in [0, 0.1) is 0 Å². The lowest BCUT2D eigenvalue weighted by Gasteiger charge is -2.02. The molecule has 0 atom stereocenters. The summed E-state index contributed by atoms with van der Waals surface area (Å²) in [6.45, 7) is 2.06. The Kier molecular flexibility index (Phi) is 2.37. The van der Waals surface area contributed by atoms with Gasteiger partial charge >= 0.3 is 5.97 Å². The molecule has 0 unspecified atom stereocenters. The molecule has 1 aliphatic heterocycles. The summed E-state index contributed by atoms with van der Waals surface area (Å²) in [5.74, 6) is -1.05. The number of carbonyl (C=O) groups excluding carboxylic acids is 2. The molecule has 76 valence electrons. The fraction of sp³-hybridized carbons (Fsp3) is 0.167. The third kappa shape index (κ3) is 1.81. The third-order valence-electron chi connectivity index (χ3n) is 2.31.